The van der Waals surface area contributed by atoms with E-state index < -0.39 is 52.6 Å². The fraction of sp³-hybridized carbons (Fsp3) is 0.407. The number of rotatable bonds is 7. The zero-order chi connectivity index (χ0) is 27.4. The number of terminal acetylenes is 2. The van der Waals surface area contributed by atoms with E-state index in [0.29, 0.717) is 5.56 Å². The Hall–Kier alpha value is -4.12. The number of carbonyl (C=O) groups excluding carboxylic acids is 2. The van der Waals surface area contributed by atoms with Gasteiger partial charge in [0, 0.05) is 13.1 Å². The summed E-state index contributed by atoms with van der Waals surface area (Å²) in [4.78, 5) is 52.4. The first-order valence-electron chi connectivity index (χ1n) is 11.4. The Bertz CT molecular complexity index is 1360. The molecule has 10 heteroatoms. The molecule has 3 rings (SSSR count). The van der Waals surface area contributed by atoms with Gasteiger partial charge in [-0.1, -0.05) is 42.2 Å². The predicted octanol–water partition coefficient (Wildman–Crippen LogP) is 1.64. The number of nitrogens with one attached hydrogen (secondary N) is 1. The maximum atomic E-state index is 12.9. The molecule has 0 unspecified atom stereocenters. The minimum absolute atomic E-state index is 0.156. The van der Waals surface area contributed by atoms with Gasteiger partial charge in [0.15, 0.2) is 17.9 Å². The van der Waals surface area contributed by atoms with Crippen LogP contribution >= 0.6 is 0 Å². The lowest BCUT2D eigenvalue weighted by molar-refractivity contribution is -0.166. The molecule has 4 atom stereocenters. The fourth-order valence-electron chi connectivity index (χ4n) is 3.85. The Morgan fingerprint density at radius 3 is 2.43 bits per heavy atom. The summed E-state index contributed by atoms with van der Waals surface area (Å²) < 4.78 is 23.9. The summed E-state index contributed by atoms with van der Waals surface area (Å²) in [5, 5.41) is 0. The Kier molecular flexibility index (Phi) is 8.07. The van der Waals surface area contributed by atoms with E-state index >= 15 is 0 Å². The highest BCUT2D eigenvalue weighted by atomic mass is 16.7. The summed E-state index contributed by atoms with van der Waals surface area (Å²) in [6, 6.07) is 8.62. The molecule has 0 radical (unpaired) electrons. The molecule has 194 valence electrons. The molecule has 1 aromatic heterocycles. The maximum Gasteiger partial charge on any atom is 0.330 e. The third kappa shape index (κ3) is 5.67. The van der Waals surface area contributed by atoms with Crippen LogP contribution in [-0.2, 0) is 28.5 Å². The monoisotopic (exact) mass is 508 g/mol. The molecule has 2 aromatic rings. The lowest BCUT2D eigenvalue weighted by atomic mass is 9.92. The molecule has 1 saturated heterocycles. The van der Waals surface area contributed by atoms with Crippen LogP contribution in [-0.4, -0.2) is 52.5 Å². The number of H-pyrrole nitrogens is 1. The molecule has 1 aliphatic rings. The molecular weight excluding hydrogens is 480 g/mol. The van der Waals surface area contributed by atoms with Gasteiger partial charge in [-0.3, -0.25) is 23.9 Å². The van der Waals surface area contributed by atoms with Crippen LogP contribution < -0.4 is 11.2 Å². The minimum Gasteiger partial charge on any atom is -0.462 e. The number of nitrogens with zero attached hydrogens (tertiary/aromatic N) is 1. The summed E-state index contributed by atoms with van der Waals surface area (Å²) in [5.74, 6) is 3.48. The van der Waals surface area contributed by atoms with E-state index in [4.69, 9.17) is 31.8 Å². The Balaban J connectivity index is 2.15. The van der Waals surface area contributed by atoms with Crippen LogP contribution in [0.15, 0.2) is 46.1 Å². The molecule has 0 amide bonds. The summed E-state index contributed by atoms with van der Waals surface area (Å²) >= 11 is 0. The minimum atomic E-state index is -1.83. The number of benzene rings is 1. The lowest BCUT2D eigenvalue weighted by Gasteiger charge is -2.33. The summed E-state index contributed by atoms with van der Waals surface area (Å²) in [5.41, 5.74) is -3.44. The third-order valence-corrected chi connectivity index (χ3v) is 5.68. The van der Waals surface area contributed by atoms with Crippen molar-refractivity contribution in [2.24, 2.45) is 5.41 Å². The van der Waals surface area contributed by atoms with Crippen LogP contribution in [0.5, 0.6) is 0 Å². The van der Waals surface area contributed by atoms with Gasteiger partial charge in [0.1, 0.15) is 19.3 Å². The zero-order valence-electron chi connectivity index (χ0n) is 21.0. The highest BCUT2D eigenvalue weighted by molar-refractivity contribution is 5.75. The molecule has 0 bridgehead atoms. The fourth-order valence-corrected chi connectivity index (χ4v) is 3.85. The molecule has 1 N–H and O–H groups in total. The Morgan fingerprint density at radius 2 is 1.86 bits per heavy atom. The third-order valence-electron chi connectivity index (χ3n) is 5.68. The number of hydrogen-bond acceptors (Lipinski definition) is 8. The number of carbonyl (C=O) groups is 2. The van der Waals surface area contributed by atoms with Crippen molar-refractivity contribution in [1.82, 2.24) is 9.55 Å². The van der Waals surface area contributed by atoms with E-state index in [1.165, 1.54) is 6.20 Å². The van der Waals surface area contributed by atoms with Gasteiger partial charge in [-0.05, 0) is 26.3 Å². The molecule has 1 aromatic carbocycles. The average molecular weight is 509 g/mol. The smallest absolute Gasteiger partial charge is 0.330 e. The van der Waals surface area contributed by atoms with Crippen molar-refractivity contribution in [3.05, 3.63) is 57.4 Å². The topological polar surface area (TPSA) is 126 Å². The van der Waals surface area contributed by atoms with Crippen molar-refractivity contribution < 1.29 is 28.5 Å². The van der Waals surface area contributed by atoms with Gasteiger partial charge in [0.25, 0.3) is 5.56 Å². The molecule has 0 aliphatic carbocycles. The van der Waals surface area contributed by atoms with Crippen LogP contribution in [0, 0.1) is 30.1 Å². The second-order valence-corrected chi connectivity index (χ2v) is 9.40. The number of esters is 2. The lowest BCUT2D eigenvalue weighted by Crippen LogP contribution is -2.53. The highest BCUT2D eigenvalue weighted by Gasteiger charge is 2.61. The molecular formula is C27H28N2O8. The number of aromatic amines is 1. The van der Waals surface area contributed by atoms with E-state index in [0.717, 1.165) is 11.5 Å². The zero-order valence-corrected chi connectivity index (χ0v) is 21.0. The van der Waals surface area contributed by atoms with Crippen molar-refractivity contribution in [2.45, 2.75) is 51.7 Å². The Morgan fingerprint density at radius 1 is 1.19 bits per heavy atom. The van der Waals surface area contributed by atoms with Crippen molar-refractivity contribution in [3.63, 3.8) is 0 Å². The summed E-state index contributed by atoms with van der Waals surface area (Å²) in [7, 11) is 0. The van der Waals surface area contributed by atoms with E-state index in [2.05, 4.69) is 16.8 Å². The number of ether oxygens (including phenoxy) is 4. The van der Waals surface area contributed by atoms with Gasteiger partial charge in [-0.25, -0.2) is 4.79 Å². The highest BCUT2D eigenvalue weighted by Crippen LogP contribution is 2.42. The summed E-state index contributed by atoms with van der Waals surface area (Å²) in [6.45, 7) is 5.48. The molecule has 10 nitrogen and oxygen atoms in total. The number of aromatic nitrogens is 2. The molecule has 1 fully saturated rings. The predicted molar refractivity (Wildman–Crippen MR) is 133 cm³/mol. The van der Waals surface area contributed by atoms with Gasteiger partial charge in [-0.2, -0.15) is 0 Å². The first-order valence-corrected chi connectivity index (χ1v) is 11.4. The first-order chi connectivity index (χ1) is 17.4. The molecule has 2 heterocycles. The van der Waals surface area contributed by atoms with E-state index in [-0.39, 0.29) is 18.8 Å². The average Bonchev–Trinajstić information content (AvgIpc) is 3.13. The van der Waals surface area contributed by atoms with Gasteiger partial charge in [0.2, 0.25) is 0 Å². The van der Waals surface area contributed by atoms with E-state index in [9.17, 15) is 19.2 Å². The maximum absolute atomic E-state index is 12.9. The van der Waals surface area contributed by atoms with Crippen molar-refractivity contribution in [1.29, 1.82) is 0 Å². The van der Waals surface area contributed by atoms with Gasteiger partial charge in [-0.15, -0.1) is 12.8 Å². The van der Waals surface area contributed by atoms with Crippen LogP contribution in [0.2, 0.25) is 0 Å². The van der Waals surface area contributed by atoms with Gasteiger partial charge >= 0.3 is 17.6 Å². The molecule has 0 saturated carbocycles. The van der Waals surface area contributed by atoms with Crippen LogP contribution in [0.1, 0.15) is 33.9 Å². The quantitative estimate of drug-likeness (QED) is 0.442. The molecule has 37 heavy (non-hydrogen) atoms. The van der Waals surface area contributed by atoms with Crippen molar-refractivity contribution >= 4 is 11.9 Å². The van der Waals surface area contributed by atoms with Gasteiger partial charge < -0.3 is 18.9 Å². The van der Waals surface area contributed by atoms with Gasteiger partial charge in [0.05, 0.1) is 11.0 Å². The molecule has 1 aliphatic heterocycles. The Labute approximate surface area is 213 Å². The van der Waals surface area contributed by atoms with Crippen molar-refractivity contribution in [2.75, 3.05) is 13.2 Å². The van der Waals surface area contributed by atoms with E-state index in [1.54, 1.807) is 51.1 Å². The van der Waals surface area contributed by atoms with Crippen LogP contribution in [0.3, 0.4) is 0 Å². The standard InChI is InChI=1S/C27H28N2O8/c1-7-14-35-27(8-2)20(16-34-24(32)26(4,5)6)37-23(21(27)36-17(3)30)29-15-19(22(31)28-25(29)33)18-12-10-9-11-13-18/h1-2,9-13,15,20-21,23H,14,16H2,3-6H3,(H,28,31,33)/t20-,21+,23-,27-/m1/s1. The normalized spacial score (nSPS) is 23.0. The number of hydrogen-bond donors (Lipinski definition) is 1. The second kappa shape index (κ2) is 10.9. The molecule has 0 spiro atoms. The SMILES string of the molecule is C#CCO[C@]1(C#C)[C@@H](COC(=O)C(C)(C)C)O[C@@H](n2cc(-c3ccccc3)c(=O)[nH]c2=O)[C@@H]1OC(C)=O. The summed E-state index contributed by atoms with van der Waals surface area (Å²) in [6.07, 6.45) is 8.61. The van der Waals surface area contributed by atoms with Crippen molar-refractivity contribution in [3.8, 4) is 35.8 Å². The largest absolute Gasteiger partial charge is 0.462 e. The van der Waals surface area contributed by atoms with E-state index in [1.807, 2.05) is 0 Å². The second-order valence-electron chi connectivity index (χ2n) is 9.40. The van der Waals surface area contributed by atoms with Crippen LogP contribution in [0.25, 0.3) is 11.1 Å². The first kappa shape index (κ1) is 27.5. The van der Waals surface area contributed by atoms with Crippen LogP contribution in [0.4, 0.5) is 0 Å².